The highest BCUT2D eigenvalue weighted by Gasteiger charge is 2.43. The summed E-state index contributed by atoms with van der Waals surface area (Å²) >= 11 is 0. The fourth-order valence-corrected chi connectivity index (χ4v) is 6.81. The number of carbonyl (C=O) groups excluding carboxylic acids is 1. The van der Waals surface area contributed by atoms with Crippen molar-refractivity contribution in [2.75, 3.05) is 39.4 Å². The first-order chi connectivity index (χ1) is 21.4. The predicted octanol–water partition coefficient (Wildman–Crippen LogP) is 6.06. The third kappa shape index (κ3) is 6.74. The average molecular weight is 599 g/mol. The van der Waals surface area contributed by atoms with E-state index in [1.54, 1.807) is 12.1 Å². The van der Waals surface area contributed by atoms with Crippen molar-refractivity contribution in [2.24, 2.45) is 5.92 Å². The second-order valence-electron chi connectivity index (χ2n) is 12.4. The first-order valence-corrected chi connectivity index (χ1v) is 15.8. The molecule has 2 amide bonds. The molecule has 4 heterocycles. The molecular weight excluding hydrogens is 556 g/mol. The molecule has 2 aromatic carbocycles. The second kappa shape index (κ2) is 13.4. The Balaban J connectivity index is 1.08. The molecule has 0 spiro atoms. The van der Waals surface area contributed by atoms with Crippen molar-refractivity contribution in [3.05, 3.63) is 88.6 Å². The minimum Gasteiger partial charge on any atom is -0.478 e. The number of carboxylic acid groups (broad SMARTS) is 1. The Morgan fingerprint density at radius 3 is 2.43 bits per heavy atom. The number of aromatic nitrogens is 1. The van der Waals surface area contributed by atoms with Gasteiger partial charge in [0.05, 0.1) is 11.6 Å². The highest BCUT2D eigenvalue weighted by molar-refractivity contribution is 5.88. The molecule has 1 atom stereocenters. The molecule has 9 nitrogen and oxygen atoms in total. The standard InChI is InChI=1S/C35H42N4O5/c1-24-20-28(34(40)41)8-10-32(24)44-33-11-9-29(25(2)36-33)22-37-16-12-30(13-17-37)39-31(27-6-4-3-5-7-27)23-38(35(39)42)21-26-14-18-43-19-15-26/h3-11,20,26,30-31H,12-19,21-23H2,1-2H3,(H,40,41). The maximum atomic E-state index is 13.9. The van der Waals surface area contributed by atoms with E-state index in [0.29, 0.717) is 17.5 Å². The van der Waals surface area contributed by atoms with Gasteiger partial charge in [0, 0.05) is 63.7 Å². The highest BCUT2D eigenvalue weighted by atomic mass is 16.5. The smallest absolute Gasteiger partial charge is 0.335 e. The number of urea groups is 1. The van der Waals surface area contributed by atoms with Crippen LogP contribution in [-0.4, -0.2) is 82.2 Å². The normalized spacial score (nSPS) is 20.3. The number of rotatable bonds is 9. The van der Waals surface area contributed by atoms with E-state index in [2.05, 4.69) is 50.0 Å². The summed E-state index contributed by atoms with van der Waals surface area (Å²) < 4.78 is 11.5. The number of likely N-dealkylation sites (tertiary alicyclic amines) is 1. The maximum absolute atomic E-state index is 13.9. The van der Waals surface area contributed by atoms with E-state index in [0.717, 1.165) is 88.4 Å². The number of pyridine rings is 1. The summed E-state index contributed by atoms with van der Waals surface area (Å²) in [6.07, 6.45) is 3.94. The Kier molecular flexibility index (Phi) is 9.14. The Bertz CT molecular complexity index is 1470. The van der Waals surface area contributed by atoms with Crippen molar-refractivity contribution in [1.29, 1.82) is 0 Å². The summed E-state index contributed by atoms with van der Waals surface area (Å²) in [6, 6.07) is 19.7. The third-order valence-electron chi connectivity index (χ3n) is 9.37. The lowest BCUT2D eigenvalue weighted by Gasteiger charge is -2.39. The number of nitrogens with zero attached hydrogens (tertiary/aromatic N) is 4. The number of benzene rings is 2. The lowest BCUT2D eigenvalue weighted by Crippen LogP contribution is -2.47. The van der Waals surface area contributed by atoms with Gasteiger partial charge in [-0.1, -0.05) is 36.4 Å². The molecule has 1 N–H and O–H groups in total. The van der Waals surface area contributed by atoms with Gasteiger partial charge in [-0.25, -0.2) is 14.6 Å². The molecule has 1 unspecified atom stereocenters. The van der Waals surface area contributed by atoms with Crippen LogP contribution in [0.25, 0.3) is 0 Å². The number of piperidine rings is 1. The van der Waals surface area contributed by atoms with Gasteiger partial charge >= 0.3 is 12.0 Å². The minimum absolute atomic E-state index is 0.0862. The van der Waals surface area contributed by atoms with Crippen molar-refractivity contribution in [1.82, 2.24) is 19.7 Å². The van der Waals surface area contributed by atoms with E-state index >= 15 is 0 Å². The van der Waals surface area contributed by atoms with Gasteiger partial charge in [-0.05, 0) is 80.3 Å². The molecule has 44 heavy (non-hydrogen) atoms. The molecule has 3 aliphatic heterocycles. The zero-order valence-corrected chi connectivity index (χ0v) is 25.7. The average Bonchev–Trinajstić information content (AvgIpc) is 3.36. The van der Waals surface area contributed by atoms with Crippen LogP contribution < -0.4 is 4.74 Å². The van der Waals surface area contributed by atoms with Gasteiger partial charge in [0.25, 0.3) is 0 Å². The van der Waals surface area contributed by atoms with E-state index in [1.165, 1.54) is 11.6 Å². The number of hydrogen-bond donors (Lipinski definition) is 1. The largest absolute Gasteiger partial charge is 0.478 e. The molecule has 3 aliphatic rings. The molecule has 3 aromatic rings. The van der Waals surface area contributed by atoms with E-state index in [4.69, 9.17) is 9.47 Å². The highest BCUT2D eigenvalue weighted by Crippen LogP contribution is 2.36. The van der Waals surface area contributed by atoms with Gasteiger partial charge < -0.3 is 24.4 Å². The fourth-order valence-electron chi connectivity index (χ4n) is 6.81. The molecule has 0 radical (unpaired) electrons. The van der Waals surface area contributed by atoms with Crippen LogP contribution >= 0.6 is 0 Å². The number of carboxylic acids is 1. The van der Waals surface area contributed by atoms with E-state index in [9.17, 15) is 14.7 Å². The van der Waals surface area contributed by atoms with Gasteiger partial charge in [0.15, 0.2) is 0 Å². The van der Waals surface area contributed by atoms with Gasteiger partial charge in [0.2, 0.25) is 5.88 Å². The van der Waals surface area contributed by atoms with Crippen LogP contribution in [0.3, 0.4) is 0 Å². The molecule has 9 heteroatoms. The van der Waals surface area contributed by atoms with Crippen LogP contribution in [0.2, 0.25) is 0 Å². The third-order valence-corrected chi connectivity index (χ3v) is 9.37. The monoisotopic (exact) mass is 598 g/mol. The Hall–Kier alpha value is -3.95. The van der Waals surface area contributed by atoms with E-state index in [1.807, 2.05) is 26.0 Å². The number of aromatic carboxylic acids is 1. The van der Waals surface area contributed by atoms with Crippen LogP contribution in [0.5, 0.6) is 11.6 Å². The van der Waals surface area contributed by atoms with Crippen LogP contribution in [-0.2, 0) is 11.3 Å². The lowest BCUT2D eigenvalue weighted by molar-refractivity contribution is 0.0574. The van der Waals surface area contributed by atoms with Crippen molar-refractivity contribution in [3.8, 4) is 11.6 Å². The summed E-state index contributed by atoms with van der Waals surface area (Å²) in [4.78, 5) is 36.5. The summed E-state index contributed by atoms with van der Waals surface area (Å²) in [5.41, 5.74) is 4.25. The summed E-state index contributed by atoms with van der Waals surface area (Å²) in [7, 11) is 0. The van der Waals surface area contributed by atoms with Crippen LogP contribution in [0.1, 0.15) is 64.5 Å². The Morgan fingerprint density at radius 1 is 1.00 bits per heavy atom. The zero-order valence-electron chi connectivity index (χ0n) is 25.7. The molecule has 232 valence electrons. The van der Waals surface area contributed by atoms with Crippen LogP contribution in [0.15, 0.2) is 60.7 Å². The summed E-state index contributed by atoms with van der Waals surface area (Å²) in [5, 5.41) is 9.22. The Labute approximate surface area is 259 Å². The lowest BCUT2D eigenvalue weighted by atomic mass is 9.98. The maximum Gasteiger partial charge on any atom is 0.335 e. The van der Waals surface area contributed by atoms with Crippen LogP contribution in [0, 0.1) is 19.8 Å². The molecule has 3 saturated heterocycles. The van der Waals surface area contributed by atoms with E-state index in [-0.39, 0.29) is 23.7 Å². The predicted molar refractivity (Wildman–Crippen MR) is 167 cm³/mol. The van der Waals surface area contributed by atoms with E-state index < -0.39 is 5.97 Å². The molecule has 1 aromatic heterocycles. The molecule has 0 saturated carbocycles. The van der Waals surface area contributed by atoms with Crippen molar-refractivity contribution in [3.63, 3.8) is 0 Å². The zero-order chi connectivity index (χ0) is 30.6. The van der Waals surface area contributed by atoms with Gasteiger partial charge in [-0.3, -0.25) is 4.90 Å². The number of aryl methyl sites for hydroxylation is 2. The van der Waals surface area contributed by atoms with Gasteiger partial charge in [-0.2, -0.15) is 0 Å². The number of amides is 2. The topological polar surface area (TPSA) is 95.4 Å². The molecule has 0 aliphatic carbocycles. The summed E-state index contributed by atoms with van der Waals surface area (Å²) in [5.74, 6) is 0.632. The fraction of sp³-hybridized carbons (Fsp3) is 0.457. The molecule has 6 rings (SSSR count). The van der Waals surface area contributed by atoms with Crippen LogP contribution in [0.4, 0.5) is 4.79 Å². The quantitative estimate of drug-likeness (QED) is 0.320. The van der Waals surface area contributed by atoms with Crippen molar-refractivity contribution < 1.29 is 24.2 Å². The first kappa shape index (κ1) is 30.1. The summed E-state index contributed by atoms with van der Waals surface area (Å²) in [6.45, 7) is 9.62. The minimum atomic E-state index is -0.961. The first-order valence-electron chi connectivity index (χ1n) is 15.8. The molecule has 3 fully saturated rings. The second-order valence-corrected chi connectivity index (χ2v) is 12.4. The van der Waals surface area contributed by atoms with Crippen molar-refractivity contribution >= 4 is 12.0 Å². The number of ether oxygens (including phenoxy) is 2. The molecular formula is C35H42N4O5. The van der Waals surface area contributed by atoms with Gasteiger partial charge in [-0.15, -0.1) is 0 Å². The number of hydrogen-bond acceptors (Lipinski definition) is 6. The van der Waals surface area contributed by atoms with Crippen molar-refractivity contribution in [2.45, 2.75) is 58.2 Å². The van der Waals surface area contributed by atoms with Gasteiger partial charge in [0.1, 0.15) is 5.75 Å². The Morgan fingerprint density at radius 2 is 1.75 bits per heavy atom. The molecule has 0 bridgehead atoms. The SMILES string of the molecule is Cc1cc(C(=O)O)ccc1Oc1ccc(CN2CCC(N3C(=O)N(CC4CCOCC4)CC3c3ccccc3)CC2)c(C)n1. The number of carbonyl (C=O) groups is 2.